The SMILES string of the molecule is CCNCC1CCN(C(=O)c2ccc(-n3cncn3)c(C)c2)CC1.Cl. The van der Waals surface area contributed by atoms with Gasteiger partial charge in [-0.3, -0.25) is 4.79 Å². The molecule has 2 heterocycles. The van der Waals surface area contributed by atoms with E-state index in [0.29, 0.717) is 5.92 Å². The molecular formula is C18H26ClN5O. The highest BCUT2D eigenvalue weighted by atomic mass is 35.5. The number of nitrogens with one attached hydrogen (secondary N) is 1. The number of likely N-dealkylation sites (tertiary alicyclic amines) is 1. The Kier molecular flexibility index (Phi) is 6.96. The van der Waals surface area contributed by atoms with Gasteiger partial charge in [-0.15, -0.1) is 12.4 Å². The van der Waals surface area contributed by atoms with Gasteiger partial charge in [-0.25, -0.2) is 9.67 Å². The van der Waals surface area contributed by atoms with Crippen molar-refractivity contribution < 1.29 is 4.79 Å². The van der Waals surface area contributed by atoms with Gasteiger partial charge in [0.15, 0.2) is 0 Å². The molecule has 1 aromatic carbocycles. The summed E-state index contributed by atoms with van der Waals surface area (Å²) in [6.07, 6.45) is 5.33. The summed E-state index contributed by atoms with van der Waals surface area (Å²) in [6, 6.07) is 5.77. The van der Waals surface area contributed by atoms with E-state index in [4.69, 9.17) is 0 Å². The molecule has 1 amide bonds. The zero-order chi connectivity index (χ0) is 16.9. The molecule has 3 rings (SSSR count). The van der Waals surface area contributed by atoms with Crippen LogP contribution in [0.5, 0.6) is 0 Å². The van der Waals surface area contributed by atoms with E-state index >= 15 is 0 Å². The van der Waals surface area contributed by atoms with Crippen LogP contribution in [0.3, 0.4) is 0 Å². The molecule has 0 atom stereocenters. The molecule has 1 aliphatic heterocycles. The molecule has 2 aromatic rings. The summed E-state index contributed by atoms with van der Waals surface area (Å²) in [6.45, 7) is 7.89. The van der Waals surface area contributed by atoms with Crippen LogP contribution >= 0.6 is 12.4 Å². The molecule has 6 nitrogen and oxygen atoms in total. The fourth-order valence-electron chi connectivity index (χ4n) is 3.25. The Bertz CT molecular complexity index is 681. The summed E-state index contributed by atoms with van der Waals surface area (Å²) in [7, 11) is 0. The first-order valence-electron chi connectivity index (χ1n) is 8.64. The third-order valence-electron chi connectivity index (χ3n) is 4.69. The summed E-state index contributed by atoms with van der Waals surface area (Å²) in [5.74, 6) is 0.815. The van der Waals surface area contributed by atoms with E-state index in [1.807, 2.05) is 30.0 Å². The van der Waals surface area contributed by atoms with E-state index < -0.39 is 0 Å². The summed E-state index contributed by atoms with van der Waals surface area (Å²) in [4.78, 5) is 18.7. The number of hydrogen-bond donors (Lipinski definition) is 1. The maximum Gasteiger partial charge on any atom is 0.253 e. The van der Waals surface area contributed by atoms with Crippen molar-refractivity contribution in [1.29, 1.82) is 0 Å². The summed E-state index contributed by atoms with van der Waals surface area (Å²) < 4.78 is 1.72. The number of piperidine rings is 1. The van der Waals surface area contributed by atoms with Gasteiger partial charge in [0.25, 0.3) is 5.91 Å². The van der Waals surface area contributed by atoms with E-state index in [9.17, 15) is 4.79 Å². The van der Waals surface area contributed by atoms with Crippen LogP contribution in [-0.4, -0.2) is 51.8 Å². The van der Waals surface area contributed by atoms with E-state index in [1.54, 1.807) is 11.0 Å². The van der Waals surface area contributed by atoms with Crippen molar-refractivity contribution in [2.45, 2.75) is 26.7 Å². The molecule has 25 heavy (non-hydrogen) atoms. The molecule has 0 unspecified atom stereocenters. The number of amides is 1. The number of rotatable bonds is 5. The number of benzene rings is 1. The van der Waals surface area contributed by atoms with Gasteiger partial charge in [0.2, 0.25) is 0 Å². The molecule has 1 N–H and O–H groups in total. The molecule has 1 fully saturated rings. The lowest BCUT2D eigenvalue weighted by atomic mass is 9.96. The molecule has 1 aromatic heterocycles. The van der Waals surface area contributed by atoms with Gasteiger partial charge in [0.05, 0.1) is 5.69 Å². The fraction of sp³-hybridized carbons (Fsp3) is 0.500. The van der Waals surface area contributed by atoms with Crippen molar-refractivity contribution >= 4 is 18.3 Å². The van der Waals surface area contributed by atoms with Crippen LogP contribution in [-0.2, 0) is 0 Å². The number of aryl methyl sites for hydroxylation is 1. The lowest BCUT2D eigenvalue weighted by Crippen LogP contribution is -2.40. The predicted molar refractivity (Wildman–Crippen MR) is 101 cm³/mol. The first kappa shape index (κ1) is 19.4. The van der Waals surface area contributed by atoms with Gasteiger partial charge in [-0.2, -0.15) is 5.10 Å². The van der Waals surface area contributed by atoms with Gasteiger partial charge >= 0.3 is 0 Å². The Balaban J connectivity index is 0.00000225. The Morgan fingerprint density at radius 1 is 1.32 bits per heavy atom. The number of carbonyl (C=O) groups is 1. The molecule has 0 radical (unpaired) electrons. The maximum atomic E-state index is 12.7. The van der Waals surface area contributed by atoms with Crippen LogP contribution in [0.1, 0.15) is 35.7 Å². The molecule has 7 heteroatoms. The van der Waals surface area contributed by atoms with Crippen molar-refractivity contribution in [3.63, 3.8) is 0 Å². The van der Waals surface area contributed by atoms with Crippen molar-refractivity contribution in [3.05, 3.63) is 42.0 Å². The predicted octanol–water partition coefficient (Wildman–Crippen LogP) is 2.46. The Hall–Kier alpha value is -1.92. The molecule has 0 saturated carbocycles. The van der Waals surface area contributed by atoms with Crippen LogP contribution in [0.2, 0.25) is 0 Å². The third kappa shape index (κ3) is 4.58. The van der Waals surface area contributed by atoms with Crippen LogP contribution in [0, 0.1) is 12.8 Å². The molecule has 0 bridgehead atoms. The Labute approximate surface area is 155 Å². The summed E-state index contributed by atoms with van der Waals surface area (Å²) in [5.41, 5.74) is 2.73. The standard InChI is InChI=1S/C18H25N5O.ClH/c1-3-19-11-15-6-8-22(9-7-15)18(24)16-4-5-17(14(2)10-16)23-13-20-12-21-23;/h4-5,10,12-13,15,19H,3,6-9,11H2,1-2H3;1H. The molecular weight excluding hydrogens is 338 g/mol. The lowest BCUT2D eigenvalue weighted by Gasteiger charge is -2.32. The highest BCUT2D eigenvalue weighted by Crippen LogP contribution is 2.20. The normalized spacial score (nSPS) is 15.0. The summed E-state index contributed by atoms with van der Waals surface area (Å²) >= 11 is 0. The fourth-order valence-corrected chi connectivity index (χ4v) is 3.25. The van der Waals surface area contributed by atoms with E-state index in [0.717, 1.165) is 55.8 Å². The molecule has 1 saturated heterocycles. The van der Waals surface area contributed by atoms with Crippen LogP contribution in [0.4, 0.5) is 0 Å². The van der Waals surface area contributed by atoms with Crippen molar-refractivity contribution in [3.8, 4) is 5.69 Å². The van der Waals surface area contributed by atoms with E-state index in [1.165, 1.54) is 6.33 Å². The van der Waals surface area contributed by atoms with Crippen molar-refractivity contribution in [2.24, 2.45) is 5.92 Å². The Morgan fingerprint density at radius 3 is 2.68 bits per heavy atom. The number of nitrogens with zero attached hydrogens (tertiary/aromatic N) is 4. The molecule has 1 aliphatic rings. The van der Waals surface area contributed by atoms with Crippen molar-refractivity contribution in [1.82, 2.24) is 25.0 Å². The minimum absolute atomic E-state index is 0. The quantitative estimate of drug-likeness (QED) is 0.886. The molecule has 0 aliphatic carbocycles. The first-order valence-corrected chi connectivity index (χ1v) is 8.64. The zero-order valence-electron chi connectivity index (χ0n) is 14.8. The first-order chi connectivity index (χ1) is 11.7. The van der Waals surface area contributed by atoms with Gasteiger partial charge in [-0.1, -0.05) is 6.92 Å². The minimum Gasteiger partial charge on any atom is -0.339 e. The second-order valence-corrected chi connectivity index (χ2v) is 6.38. The van der Waals surface area contributed by atoms with Crippen LogP contribution in [0.25, 0.3) is 5.69 Å². The lowest BCUT2D eigenvalue weighted by molar-refractivity contribution is 0.0690. The minimum atomic E-state index is 0. The Morgan fingerprint density at radius 2 is 2.08 bits per heavy atom. The smallest absolute Gasteiger partial charge is 0.253 e. The van der Waals surface area contributed by atoms with Gasteiger partial charge in [0, 0.05) is 18.7 Å². The number of halogens is 1. The third-order valence-corrected chi connectivity index (χ3v) is 4.69. The second-order valence-electron chi connectivity index (χ2n) is 6.38. The molecule has 136 valence electrons. The average molecular weight is 364 g/mol. The number of hydrogen-bond acceptors (Lipinski definition) is 4. The van der Waals surface area contributed by atoms with Gasteiger partial charge in [0.1, 0.15) is 12.7 Å². The topological polar surface area (TPSA) is 63.1 Å². The van der Waals surface area contributed by atoms with Crippen LogP contribution < -0.4 is 5.32 Å². The van der Waals surface area contributed by atoms with Crippen molar-refractivity contribution in [2.75, 3.05) is 26.2 Å². The summed E-state index contributed by atoms with van der Waals surface area (Å²) in [5, 5.41) is 7.55. The largest absolute Gasteiger partial charge is 0.339 e. The monoisotopic (exact) mass is 363 g/mol. The van der Waals surface area contributed by atoms with E-state index in [-0.39, 0.29) is 18.3 Å². The van der Waals surface area contributed by atoms with Gasteiger partial charge in [-0.05, 0) is 62.5 Å². The number of carbonyl (C=O) groups excluding carboxylic acids is 1. The van der Waals surface area contributed by atoms with Crippen LogP contribution in [0.15, 0.2) is 30.9 Å². The number of aromatic nitrogens is 3. The average Bonchev–Trinajstić information content (AvgIpc) is 3.14. The highest BCUT2D eigenvalue weighted by molar-refractivity contribution is 5.94. The highest BCUT2D eigenvalue weighted by Gasteiger charge is 2.23. The second kappa shape index (κ2) is 8.97. The zero-order valence-corrected chi connectivity index (χ0v) is 15.6. The molecule has 0 spiro atoms. The maximum absolute atomic E-state index is 12.7. The van der Waals surface area contributed by atoms with Gasteiger partial charge < -0.3 is 10.2 Å². The van der Waals surface area contributed by atoms with E-state index in [2.05, 4.69) is 22.3 Å².